The van der Waals surface area contributed by atoms with E-state index in [0.29, 0.717) is 6.54 Å². The fourth-order valence-electron chi connectivity index (χ4n) is 5.35. The number of piperidine rings is 1. The molecule has 30 heavy (non-hydrogen) atoms. The zero-order chi connectivity index (χ0) is 20.9. The van der Waals surface area contributed by atoms with Gasteiger partial charge in [-0.2, -0.15) is 0 Å². The average Bonchev–Trinajstić information content (AvgIpc) is 3.02. The predicted octanol–water partition coefficient (Wildman–Crippen LogP) is 1.44. The maximum atomic E-state index is 12.5. The first kappa shape index (κ1) is 21.0. The highest BCUT2D eigenvalue weighted by atomic mass is 16.2. The SMILES string of the molecule is O=C(CCN1C(=O)[C@H]2CCCC[C@@H]2C1=O)NCc1ccccc1C[NH+]1CCCCC1. The summed E-state index contributed by atoms with van der Waals surface area (Å²) in [5.74, 6) is -0.512. The van der Waals surface area contributed by atoms with Crippen LogP contribution in [0, 0.1) is 11.8 Å². The molecular weight excluding hydrogens is 378 g/mol. The van der Waals surface area contributed by atoms with E-state index in [-0.39, 0.29) is 42.5 Å². The van der Waals surface area contributed by atoms with E-state index in [4.69, 9.17) is 0 Å². The van der Waals surface area contributed by atoms with Crippen molar-refractivity contribution in [2.45, 2.75) is 64.5 Å². The van der Waals surface area contributed by atoms with Crippen molar-refractivity contribution in [3.63, 3.8) is 0 Å². The zero-order valence-corrected chi connectivity index (χ0v) is 17.8. The van der Waals surface area contributed by atoms with Gasteiger partial charge in [0.25, 0.3) is 0 Å². The molecule has 1 aromatic carbocycles. The number of nitrogens with zero attached hydrogens (tertiary/aromatic N) is 1. The van der Waals surface area contributed by atoms with E-state index in [9.17, 15) is 14.4 Å². The summed E-state index contributed by atoms with van der Waals surface area (Å²) in [6, 6.07) is 8.32. The Morgan fingerprint density at radius 2 is 1.57 bits per heavy atom. The quantitative estimate of drug-likeness (QED) is 0.666. The first-order valence-corrected chi connectivity index (χ1v) is 11.7. The molecule has 1 aromatic rings. The Labute approximate surface area is 179 Å². The molecule has 1 aliphatic carbocycles. The van der Waals surface area contributed by atoms with E-state index < -0.39 is 0 Å². The van der Waals surface area contributed by atoms with Gasteiger partial charge in [-0.25, -0.2) is 0 Å². The van der Waals surface area contributed by atoms with Crippen molar-refractivity contribution >= 4 is 17.7 Å². The number of fused-ring (bicyclic) bond motifs is 1. The zero-order valence-electron chi connectivity index (χ0n) is 17.8. The second kappa shape index (κ2) is 9.73. The van der Waals surface area contributed by atoms with E-state index in [1.54, 1.807) is 4.90 Å². The standard InChI is InChI=1S/C24H33N3O3/c28-22(12-15-27-23(29)20-10-4-5-11-21(20)24(27)30)25-16-18-8-2-3-9-19(18)17-26-13-6-1-7-14-26/h2-3,8-9,20-21H,1,4-7,10-17H2,(H,25,28)/p+1/t20-,21-/m0/s1. The Kier molecular flexibility index (Phi) is 6.82. The molecule has 4 rings (SSSR count). The maximum absolute atomic E-state index is 12.5. The maximum Gasteiger partial charge on any atom is 0.233 e. The minimum Gasteiger partial charge on any atom is -0.352 e. The molecule has 1 saturated carbocycles. The van der Waals surface area contributed by atoms with Crippen molar-refractivity contribution in [2.75, 3.05) is 19.6 Å². The number of hydrogen-bond donors (Lipinski definition) is 2. The van der Waals surface area contributed by atoms with Crippen molar-refractivity contribution in [1.82, 2.24) is 10.2 Å². The van der Waals surface area contributed by atoms with Gasteiger partial charge in [0.05, 0.1) is 24.9 Å². The Morgan fingerprint density at radius 1 is 0.933 bits per heavy atom. The molecule has 0 radical (unpaired) electrons. The smallest absolute Gasteiger partial charge is 0.233 e. The summed E-state index contributed by atoms with van der Waals surface area (Å²) in [6.07, 6.45) is 7.77. The second-order valence-corrected chi connectivity index (χ2v) is 9.11. The molecule has 0 spiro atoms. The van der Waals surface area contributed by atoms with Crippen LogP contribution in [0.25, 0.3) is 0 Å². The third kappa shape index (κ3) is 4.75. The number of quaternary nitrogens is 1. The molecular formula is C24H34N3O3+. The third-order valence-electron chi connectivity index (χ3n) is 7.09. The normalized spacial score (nSPS) is 24.7. The van der Waals surface area contributed by atoms with E-state index in [1.165, 1.54) is 42.8 Å². The molecule has 2 aliphatic heterocycles. The molecule has 0 bridgehead atoms. The lowest BCUT2D eigenvalue weighted by atomic mass is 9.81. The summed E-state index contributed by atoms with van der Waals surface area (Å²) in [7, 11) is 0. The van der Waals surface area contributed by atoms with Crippen molar-refractivity contribution < 1.29 is 19.3 Å². The molecule has 2 N–H and O–H groups in total. The van der Waals surface area contributed by atoms with Crippen LogP contribution < -0.4 is 10.2 Å². The highest BCUT2D eigenvalue weighted by Gasteiger charge is 2.47. The number of nitrogens with one attached hydrogen (secondary N) is 2. The summed E-state index contributed by atoms with van der Waals surface area (Å²) in [5.41, 5.74) is 2.45. The largest absolute Gasteiger partial charge is 0.352 e. The predicted molar refractivity (Wildman–Crippen MR) is 113 cm³/mol. The number of benzene rings is 1. The molecule has 2 atom stereocenters. The van der Waals surface area contributed by atoms with Gasteiger partial charge >= 0.3 is 0 Å². The molecule has 0 aromatic heterocycles. The van der Waals surface area contributed by atoms with Crippen LogP contribution in [-0.2, 0) is 27.5 Å². The van der Waals surface area contributed by atoms with Gasteiger partial charge in [-0.05, 0) is 37.7 Å². The Morgan fingerprint density at radius 3 is 2.23 bits per heavy atom. The lowest BCUT2D eigenvalue weighted by molar-refractivity contribution is -0.918. The molecule has 2 heterocycles. The average molecular weight is 413 g/mol. The van der Waals surface area contributed by atoms with Crippen LogP contribution in [0.5, 0.6) is 0 Å². The monoisotopic (exact) mass is 412 g/mol. The van der Waals surface area contributed by atoms with Gasteiger partial charge in [0, 0.05) is 25.1 Å². The Balaban J connectivity index is 1.27. The summed E-state index contributed by atoms with van der Waals surface area (Å²) in [5, 5.41) is 3.00. The van der Waals surface area contributed by atoms with Crippen LogP contribution in [-0.4, -0.2) is 42.3 Å². The van der Waals surface area contributed by atoms with Crippen molar-refractivity contribution in [1.29, 1.82) is 0 Å². The molecule has 3 fully saturated rings. The first-order chi connectivity index (χ1) is 14.6. The highest BCUT2D eigenvalue weighted by Crippen LogP contribution is 2.37. The van der Waals surface area contributed by atoms with Gasteiger partial charge in [-0.15, -0.1) is 0 Å². The minimum atomic E-state index is -0.140. The van der Waals surface area contributed by atoms with Crippen LogP contribution in [0.2, 0.25) is 0 Å². The Bertz CT molecular complexity index is 764. The molecule has 162 valence electrons. The lowest BCUT2D eigenvalue weighted by Crippen LogP contribution is -3.11. The summed E-state index contributed by atoms with van der Waals surface area (Å²) < 4.78 is 0. The topological polar surface area (TPSA) is 70.9 Å². The number of carbonyl (C=O) groups excluding carboxylic acids is 3. The van der Waals surface area contributed by atoms with Crippen LogP contribution in [0.4, 0.5) is 0 Å². The fourth-order valence-corrected chi connectivity index (χ4v) is 5.35. The number of carbonyl (C=O) groups is 3. The highest BCUT2D eigenvalue weighted by molar-refractivity contribution is 6.05. The van der Waals surface area contributed by atoms with Crippen LogP contribution in [0.3, 0.4) is 0 Å². The van der Waals surface area contributed by atoms with Crippen molar-refractivity contribution in [3.05, 3.63) is 35.4 Å². The minimum absolute atomic E-state index is 0.0626. The van der Waals surface area contributed by atoms with E-state index in [1.807, 2.05) is 6.07 Å². The van der Waals surface area contributed by atoms with E-state index in [0.717, 1.165) is 37.8 Å². The lowest BCUT2D eigenvalue weighted by Gasteiger charge is -2.24. The number of amides is 3. The molecule has 3 aliphatic rings. The number of likely N-dealkylation sites (tertiary alicyclic amines) is 2. The Hall–Kier alpha value is -2.21. The number of rotatable bonds is 7. The number of imide groups is 1. The summed E-state index contributed by atoms with van der Waals surface area (Å²) in [4.78, 5) is 40.5. The van der Waals surface area contributed by atoms with Crippen LogP contribution >= 0.6 is 0 Å². The molecule has 2 saturated heterocycles. The van der Waals surface area contributed by atoms with Gasteiger partial charge in [-0.3, -0.25) is 19.3 Å². The number of hydrogen-bond acceptors (Lipinski definition) is 3. The van der Waals surface area contributed by atoms with Gasteiger partial charge in [-0.1, -0.05) is 37.1 Å². The fraction of sp³-hybridized carbons (Fsp3) is 0.625. The summed E-state index contributed by atoms with van der Waals surface area (Å²) >= 11 is 0. The van der Waals surface area contributed by atoms with Gasteiger partial charge < -0.3 is 10.2 Å². The first-order valence-electron chi connectivity index (χ1n) is 11.7. The molecule has 6 heteroatoms. The molecule has 6 nitrogen and oxygen atoms in total. The third-order valence-corrected chi connectivity index (χ3v) is 7.09. The summed E-state index contributed by atoms with van der Waals surface area (Å²) in [6.45, 7) is 4.15. The van der Waals surface area contributed by atoms with E-state index >= 15 is 0 Å². The van der Waals surface area contributed by atoms with E-state index in [2.05, 4.69) is 23.5 Å². The van der Waals surface area contributed by atoms with Crippen molar-refractivity contribution in [3.8, 4) is 0 Å². The van der Waals surface area contributed by atoms with Crippen molar-refractivity contribution in [2.24, 2.45) is 11.8 Å². The second-order valence-electron chi connectivity index (χ2n) is 9.11. The van der Waals surface area contributed by atoms with Gasteiger partial charge in [0.2, 0.25) is 17.7 Å². The van der Waals surface area contributed by atoms with Gasteiger partial charge in [0.15, 0.2) is 0 Å². The molecule has 0 unspecified atom stereocenters. The van der Waals surface area contributed by atoms with Crippen LogP contribution in [0.1, 0.15) is 62.5 Å². The molecule has 3 amide bonds. The van der Waals surface area contributed by atoms with Crippen LogP contribution in [0.15, 0.2) is 24.3 Å². The van der Waals surface area contributed by atoms with Gasteiger partial charge in [0.1, 0.15) is 6.54 Å².